The Balaban J connectivity index is 0.00000300. The normalized spacial score (nSPS) is 10.7. The van der Waals surface area contributed by atoms with E-state index in [1.54, 1.807) is 19.4 Å². The van der Waals surface area contributed by atoms with Gasteiger partial charge >= 0.3 is 0 Å². The molecule has 3 rings (SSSR count). The minimum absolute atomic E-state index is 0. The maximum absolute atomic E-state index is 5.69. The van der Waals surface area contributed by atoms with E-state index < -0.39 is 0 Å². The van der Waals surface area contributed by atoms with E-state index in [9.17, 15) is 0 Å². The minimum atomic E-state index is 0. The van der Waals surface area contributed by atoms with Crippen molar-refractivity contribution in [1.82, 2.24) is 15.6 Å². The van der Waals surface area contributed by atoms with E-state index >= 15 is 0 Å². The molecule has 1 heterocycles. The summed E-state index contributed by atoms with van der Waals surface area (Å²) < 4.78 is 11.2. The van der Waals surface area contributed by atoms with Gasteiger partial charge in [0.05, 0.1) is 12.2 Å². The number of nitrogens with one attached hydrogen (secondary N) is 2. The lowest BCUT2D eigenvalue weighted by Crippen LogP contribution is -2.36. The van der Waals surface area contributed by atoms with E-state index in [0.29, 0.717) is 31.5 Å². The molecule has 0 aliphatic heterocycles. The fourth-order valence-electron chi connectivity index (χ4n) is 2.61. The standard InChI is InChI=1S/C22H24N4O2.HI/c1-3-13-27-20-12-8-7-11-18(20)14-24-22(23-2)25-15-19-16-28-21(26-19)17-9-5-4-6-10-17;/h3-12,16H,1,13-15H2,2H3,(H2,23,24,25);1H. The molecule has 0 aliphatic carbocycles. The van der Waals surface area contributed by atoms with Gasteiger partial charge in [0.15, 0.2) is 5.96 Å². The zero-order valence-electron chi connectivity index (χ0n) is 16.3. The third kappa shape index (κ3) is 6.63. The molecule has 6 nitrogen and oxygen atoms in total. The van der Waals surface area contributed by atoms with E-state index in [1.807, 2.05) is 54.6 Å². The topological polar surface area (TPSA) is 71.7 Å². The van der Waals surface area contributed by atoms with Gasteiger partial charge in [0.25, 0.3) is 0 Å². The first-order valence-electron chi connectivity index (χ1n) is 9.06. The number of benzene rings is 2. The molecular weight excluding hydrogens is 479 g/mol. The molecule has 2 N–H and O–H groups in total. The number of hydrogen-bond acceptors (Lipinski definition) is 4. The van der Waals surface area contributed by atoms with Crippen LogP contribution in [0.4, 0.5) is 0 Å². The van der Waals surface area contributed by atoms with Crippen LogP contribution in [0.25, 0.3) is 11.5 Å². The summed E-state index contributed by atoms with van der Waals surface area (Å²) in [7, 11) is 1.73. The number of halogens is 1. The molecule has 0 amide bonds. The highest BCUT2D eigenvalue weighted by Gasteiger charge is 2.08. The summed E-state index contributed by atoms with van der Waals surface area (Å²) in [5, 5.41) is 6.53. The van der Waals surface area contributed by atoms with E-state index in [1.165, 1.54) is 0 Å². The summed E-state index contributed by atoms with van der Waals surface area (Å²) in [5.41, 5.74) is 2.80. The summed E-state index contributed by atoms with van der Waals surface area (Å²) in [6.45, 7) is 5.24. The third-order valence-corrected chi connectivity index (χ3v) is 4.01. The second-order valence-corrected chi connectivity index (χ2v) is 6.00. The monoisotopic (exact) mass is 504 g/mol. The lowest BCUT2D eigenvalue weighted by molar-refractivity contribution is 0.358. The van der Waals surface area contributed by atoms with Crippen molar-refractivity contribution in [2.45, 2.75) is 13.1 Å². The van der Waals surface area contributed by atoms with Crippen molar-refractivity contribution in [1.29, 1.82) is 0 Å². The highest BCUT2D eigenvalue weighted by atomic mass is 127. The van der Waals surface area contributed by atoms with Gasteiger partial charge in [-0.05, 0) is 18.2 Å². The van der Waals surface area contributed by atoms with Gasteiger partial charge in [0.1, 0.15) is 18.6 Å². The molecule has 0 aliphatic rings. The Morgan fingerprint density at radius 3 is 2.59 bits per heavy atom. The molecule has 7 heteroatoms. The van der Waals surface area contributed by atoms with Crippen molar-refractivity contribution in [2.75, 3.05) is 13.7 Å². The lowest BCUT2D eigenvalue weighted by atomic mass is 10.2. The quantitative estimate of drug-likeness (QED) is 0.206. The molecule has 0 fully saturated rings. The summed E-state index contributed by atoms with van der Waals surface area (Å²) in [4.78, 5) is 8.77. The molecule has 0 radical (unpaired) electrons. The summed E-state index contributed by atoms with van der Waals surface area (Å²) in [6.07, 6.45) is 3.38. The molecule has 2 aromatic carbocycles. The first-order chi connectivity index (χ1) is 13.8. The molecule has 29 heavy (non-hydrogen) atoms. The number of aromatic nitrogens is 1. The maximum Gasteiger partial charge on any atom is 0.226 e. The molecule has 0 saturated carbocycles. The van der Waals surface area contributed by atoms with Gasteiger partial charge in [0.2, 0.25) is 5.89 Å². The number of guanidine groups is 1. The van der Waals surface area contributed by atoms with Crippen LogP contribution in [0.2, 0.25) is 0 Å². The molecule has 0 spiro atoms. The second-order valence-electron chi connectivity index (χ2n) is 6.00. The van der Waals surface area contributed by atoms with Crippen molar-refractivity contribution >= 4 is 29.9 Å². The van der Waals surface area contributed by atoms with Crippen molar-refractivity contribution in [3.05, 3.63) is 84.8 Å². The van der Waals surface area contributed by atoms with Gasteiger partial charge in [-0.2, -0.15) is 0 Å². The van der Waals surface area contributed by atoms with Gasteiger partial charge in [-0.3, -0.25) is 4.99 Å². The average molecular weight is 504 g/mol. The zero-order chi connectivity index (χ0) is 19.6. The SMILES string of the molecule is C=CCOc1ccccc1CNC(=NC)NCc1coc(-c2ccccc2)n1.I. The van der Waals surface area contributed by atoms with E-state index in [2.05, 4.69) is 27.2 Å². The second kappa shape index (κ2) is 11.9. The van der Waals surface area contributed by atoms with Crippen LogP contribution in [-0.2, 0) is 13.1 Å². The van der Waals surface area contributed by atoms with Crippen LogP contribution in [0.3, 0.4) is 0 Å². The van der Waals surface area contributed by atoms with Crippen molar-refractivity contribution in [3.8, 4) is 17.2 Å². The van der Waals surface area contributed by atoms with Crippen LogP contribution in [0.5, 0.6) is 5.75 Å². The lowest BCUT2D eigenvalue weighted by Gasteiger charge is -2.13. The predicted molar refractivity (Wildman–Crippen MR) is 127 cm³/mol. The number of para-hydroxylation sites is 1. The van der Waals surface area contributed by atoms with Crippen molar-refractivity contribution < 1.29 is 9.15 Å². The van der Waals surface area contributed by atoms with Gasteiger partial charge in [-0.15, -0.1) is 24.0 Å². The Hall–Kier alpha value is -2.81. The van der Waals surface area contributed by atoms with Gasteiger partial charge in [-0.25, -0.2) is 4.98 Å². The zero-order valence-corrected chi connectivity index (χ0v) is 18.6. The number of oxazole rings is 1. The summed E-state index contributed by atoms with van der Waals surface area (Å²) in [5.74, 6) is 2.10. The van der Waals surface area contributed by atoms with Gasteiger partial charge in [-0.1, -0.05) is 49.1 Å². The Kier molecular flexibility index (Phi) is 9.23. The van der Waals surface area contributed by atoms with Crippen LogP contribution in [0.1, 0.15) is 11.3 Å². The van der Waals surface area contributed by atoms with Crippen LogP contribution >= 0.6 is 24.0 Å². The number of hydrogen-bond donors (Lipinski definition) is 2. The van der Waals surface area contributed by atoms with E-state index in [0.717, 1.165) is 22.6 Å². The van der Waals surface area contributed by atoms with Crippen molar-refractivity contribution in [3.63, 3.8) is 0 Å². The summed E-state index contributed by atoms with van der Waals surface area (Å²) in [6, 6.07) is 17.7. The number of aliphatic imine (C=N–C) groups is 1. The molecule has 0 unspecified atom stereocenters. The van der Waals surface area contributed by atoms with Crippen LogP contribution in [-0.4, -0.2) is 24.6 Å². The maximum atomic E-state index is 5.69. The highest BCUT2D eigenvalue weighted by molar-refractivity contribution is 14.0. The van der Waals surface area contributed by atoms with E-state index in [4.69, 9.17) is 9.15 Å². The average Bonchev–Trinajstić information content (AvgIpc) is 3.23. The van der Waals surface area contributed by atoms with Gasteiger partial charge < -0.3 is 19.8 Å². The third-order valence-electron chi connectivity index (χ3n) is 4.01. The Morgan fingerprint density at radius 1 is 1.10 bits per heavy atom. The molecule has 3 aromatic rings. The minimum Gasteiger partial charge on any atom is -0.489 e. The smallest absolute Gasteiger partial charge is 0.226 e. The Bertz CT molecular complexity index is 925. The number of ether oxygens (including phenoxy) is 1. The van der Waals surface area contributed by atoms with Crippen LogP contribution < -0.4 is 15.4 Å². The molecule has 152 valence electrons. The molecule has 0 saturated heterocycles. The molecular formula is C22H25IN4O2. The summed E-state index contributed by atoms with van der Waals surface area (Å²) >= 11 is 0. The molecule has 0 atom stereocenters. The first-order valence-corrected chi connectivity index (χ1v) is 9.06. The number of rotatable bonds is 8. The van der Waals surface area contributed by atoms with Crippen LogP contribution in [0, 0.1) is 0 Å². The molecule has 1 aromatic heterocycles. The van der Waals surface area contributed by atoms with E-state index in [-0.39, 0.29) is 24.0 Å². The highest BCUT2D eigenvalue weighted by Crippen LogP contribution is 2.18. The Labute approximate surface area is 188 Å². The van der Waals surface area contributed by atoms with Crippen LogP contribution in [0.15, 0.2) is 82.9 Å². The largest absolute Gasteiger partial charge is 0.489 e. The fraction of sp³-hybridized carbons (Fsp3) is 0.182. The van der Waals surface area contributed by atoms with Gasteiger partial charge in [0, 0.05) is 24.7 Å². The number of nitrogens with zero attached hydrogens (tertiary/aromatic N) is 2. The fourth-order valence-corrected chi connectivity index (χ4v) is 2.61. The molecule has 0 bridgehead atoms. The first kappa shape index (κ1) is 22.5. The Morgan fingerprint density at radius 2 is 1.83 bits per heavy atom. The predicted octanol–water partition coefficient (Wildman–Crippen LogP) is 4.39. The van der Waals surface area contributed by atoms with Crippen molar-refractivity contribution in [2.24, 2.45) is 4.99 Å².